The Morgan fingerprint density at radius 1 is 1.20 bits per heavy atom. The average Bonchev–Trinajstić information content (AvgIpc) is 1.83. The molecule has 0 aliphatic rings. The standard InChI is InChI=1S/C8H9Br.Mg/c1-6-4-3-5-8(9)7(6)2;/h3-5H,1-2H3;. The molecular weight excluding hydrogens is 200 g/mol. The van der Waals surface area contributed by atoms with Crippen LogP contribution in [0.25, 0.3) is 0 Å². The Labute approximate surface area is 86.3 Å². The van der Waals surface area contributed by atoms with Crippen LogP contribution in [-0.4, -0.2) is 23.1 Å². The third kappa shape index (κ3) is 2.26. The van der Waals surface area contributed by atoms with Gasteiger partial charge in [-0.25, -0.2) is 0 Å². The van der Waals surface area contributed by atoms with Crippen LogP contribution < -0.4 is 0 Å². The molecule has 1 rings (SSSR count). The van der Waals surface area contributed by atoms with Crippen LogP contribution in [0.15, 0.2) is 22.7 Å². The molecule has 0 aromatic heterocycles. The zero-order valence-electron chi connectivity index (χ0n) is 6.32. The normalized spacial score (nSPS) is 8.70. The second-order valence-electron chi connectivity index (χ2n) is 2.18. The molecular formula is C8H9BrMg. The summed E-state index contributed by atoms with van der Waals surface area (Å²) in [5, 5.41) is 0. The Morgan fingerprint density at radius 2 is 1.80 bits per heavy atom. The molecule has 0 N–H and O–H groups in total. The first-order chi connectivity index (χ1) is 4.22. The van der Waals surface area contributed by atoms with E-state index in [-0.39, 0.29) is 23.1 Å². The van der Waals surface area contributed by atoms with Gasteiger partial charge >= 0.3 is 0 Å². The van der Waals surface area contributed by atoms with Crippen molar-refractivity contribution in [2.45, 2.75) is 13.8 Å². The summed E-state index contributed by atoms with van der Waals surface area (Å²) in [4.78, 5) is 0. The summed E-state index contributed by atoms with van der Waals surface area (Å²) in [5.41, 5.74) is 2.67. The molecule has 0 amide bonds. The Hall–Kier alpha value is 0.466. The van der Waals surface area contributed by atoms with Gasteiger partial charge in [0, 0.05) is 27.5 Å². The Bertz CT molecular complexity index is 200. The van der Waals surface area contributed by atoms with Gasteiger partial charge in [-0.2, -0.15) is 0 Å². The summed E-state index contributed by atoms with van der Waals surface area (Å²) in [5.74, 6) is 0. The number of hydrogen-bond acceptors (Lipinski definition) is 0. The van der Waals surface area contributed by atoms with Gasteiger partial charge in [-0.1, -0.05) is 28.1 Å². The monoisotopic (exact) mass is 208 g/mol. The van der Waals surface area contributed by atoms with E-state index in [1.807, 2.05) is 6.07 Å². The largest absolute Gasteiger partial charge is 0.0609 e. The van der Waals surface area contributed by atoms with E-state index in [4.69, 9.17) is 0 Å². The molecule has 0 saturated carbocycles. The molecule has 0 bridgehead atoms. The van der Waals surface area contributed by atoms with Crippen LogP contribution in [0.5, 0.6) is 0 Å². The zero-order chi connectivity index (χ0) is 6.85. The molecule has 0 atom stereocenters. The Balaban J connectivity index is 0.000000810. The molecule has 0 heterocycles. The fourth-order valence-corrected chi connectivity index (χ4v) is 1.18. The molecule has 0 spiro atoms. The molecule has 2 heteroatoms. The second-order valence-corrected chi connectivity index (χ2v) is 3.04. The van der Waals surface area contributed by atoms with Crippen LogP contribution >= 0.6 is 15.9 Å². The van der Waals surface area contributed by atoms with Gasteiger partial charge in [0.25, 0.3) is 0 Å². The van der Waals surface area contributed by atoms with Gasteiger partial charge in [-0.15, -0.1) is 0 Å². The third-order valence-corrected chi connectivity index (χ3v) is 2.40. The minimum absolute atomic E-state index is 0. The summed E-state index contributed by atoms with van der Waals surface area (Å²) in [6, 6.07) is 6.22. The number of benzene rings is 1. The van der Waals surface area contributed by atoms with Crippen LogP contribution in [0.1, 0.15) is 11.1 Å². The van der Waals surface area contributed by atoms with Gasteiger partial charge in [-0.05, 0) is 31.0 Å². The molecule has 1 aromatic rings. The highest BCUT2D eigenvalue weighted by molar-refractivity contribution is 9.10. The minimum Gasteiger partial charge on any atom is -0.0609 e. The van der Waals surface area contributed by atoms with Gasteiger partial charge < -0.3 is 0 Å². The number of hydrogen-bond donors (Lipinski definition) is 0. The molecule has 0 unspecified atom stereocenters. The average molecular weight is 209 g/mol. The fraction of sp³-hybridized carbons (Fsp3) is 0.250. The van der Waals surface area contributed by atoms with Gasteiger partial charge in [0.1, 0.15) is 0 Å². The quantitative estimate of drug-likeness (QED) is 0.576. The molecule has 0 aliphatic heterocycles. The maximum Gasteiger partial charge on any atom is 0.0207 e. The van der Waals surface area contributed by atoms with Crippen LogP contribution in [0.2, 0.25) is 0 Å². The molecule has 0 nitrogen and oxygen atoms in total. The highest BCUT2D eigenvalue weighted by Gasteiger charge is 1.93. The van der Waals surface area contributed by atoms with E-state index < -0.39 is 0 Å². The summed E-state index contributed by atoms with van der Waals surface area (Å²) in [7, 11) is 0. The van der Waals surface area contributed by atoms with Gasteiger partial charge in [0.05, 0.1) is 0 Å². The van der Waals surface area contributed by atoms with E-state index in [1.165, 1.54) is 15.6 Å². The van der Waals surface area contributed by atoms with E-state index in [2.05, 4.69) is 41.9 Å². The lowest BCUT2D eigenvalue weighted by Gasteiger charge is -1.99. The lowest BCUT2D eigenvalue weighted by atomic mass is 10.1. The molecule has 2 radical (unpaired) electrons. The van der Waals surface area contributed by atoms with Gasteiger partial charge in [-0.3, -0.25) is 0 Å². The number of aryl methyl sites for hydroxylation is 1. The van der Waals surface area contributed by atoms with Crippen molar-refractivity contribution in [2.24, 2.45) is 0 Å². The van der Waals surface area contributed by atoms with Crippen LogP contribution in [-0.2, 0) is 0 Å². The van der Waals surface area contributed by atoms with Crippen molar-refractivity contribution in [1.29, 1.82) is 0 Å². The maximum atomic E-state index is 3.45. The van der Waals surface area contributed by atoms with Crippen LogP contribution in [0.3, 0.4) is 0 Å². The van der Waals surface area contributed by atoms with Crippen LogP contribution in [0, 0.1) is 13.8 Å². The first kappa shape index (κ1) is 10.5. The van der Waals surface area contributed by atoms with E-state index in [0.29, 0.717) is 0 Å². The molecule has 10 heavy (non-hydrogen) atoms. The van der Waals surface area contributed by atoms with E-state index >= 15 is 0 Å². The first-order valence-electron chi connectivity index (χ1n) is 2.93. The van der Waals surface area contributed by atoms with Crippen molar-refractivity contribution in [1.82, 2.24) is 0 Å². The van der Waals surface area contributed by atoms with Crippen molar-refractivity contribution < 1.29 is 0 Å². The summed E-state index contributed by atoms with van der Waals surface area (Å²) >= 11 is 3.45. The topological polar surface area (TPSA) is 0 Å². The number of rotatable bonds is 0. The highest BCUT2D eigenvalue weighted by Crippen LogP contribution is 2.17. The molecule has 0 saturated heterocycles. The third-order valence-electron chi connectivity index (χ3n) is 1.54. The summed E-state index contributed by atoms with van der Waals surface area (Å²) < 4.78 is 1.20. The highest BCUT2D eigenvalue weighted by atomic mass is 79.9. The van der Waals surface area contributed by atoms with Crippen molar-refractivity contribution in [2.75, 3.05) is 0 Å². The molecule has 50 valence electrons. The molecule has 0 aliphatic carbocycles. The van der Waals surface area contributed by atoms with Crippen LogP contribution in [0.4, 0.5) is 0 Å². The van der Waals surface area contributed by atoms with Crippen molar-refractivity contribution in [3.05, 3.63) is 33.8 Å². The molecule has 0 fully saturated rings. The Morgan fingerprint density at radius 3 is 2.20 bits per heavy atom. The van der Waals surface area contributed by atoms with E-state index in [9.17, 15) is 0 Å². The predicted molar refractivity (Wildman–Crippen MR) is 49.4 cm³/mol. The van der Waals surface area contributed by atoms with Gasteiger partial charge in [0.15, 0.2) is 0 Å². The lowest BCUT2D eigenvalue weighted by molar-refractivity contribution is 1.32. The van der Waals surface area contributed by atoms with Crippen molar-refractivity contribution in [3.8, 4) is 0 Å². The van der Waals surface area contributed by atoms with Gasteiger partial charge in [0.2, 0.25) is 0 Å². The number of halogens is 1. The maximum absolute atomic E-state index is 3.45. The fourth-order valence-electron chi connectivity index (χ4n) is 0.715. The smallest absolute Gasteiger partial charge is 0.0207 e. The summed E-state index contributed by atoms with van der Waals surface area (Å²) in [6.45, 7) is 4.22. The first-order valence-corrected chi connectivity index (χ1v) is 3.73. The second kappa shape index (κ2) is 4.37. The SMILES string of the molecule is Cc1cccc(Br)c1C.[Mg]. The molecule has 1 aromatic carbocycles. The predicted octanol–water partition coefficient (Wildman–Crippen LogP) is 2.69. The summed E-state index contributed by atoms with van der Waals surface area (Å²) in [6.07, 6.45) is 0. The van der Waals surface area contributed by atoms with Crippen molar-refractivity contribution >= 4 is 39.0 Å². The zero-order valence-corrected chi connectivity index (χ0v) is 9.32. The van der Waals surface area contributed by atoms with E-state index in [0.717, 1.165) is 0 Å². The van der Waals surface area contributed by atoms with E-state index in [1.54, 1.807) is 0 Å². The Kier molecular flexibility index (Phi) is 4.57. The van der Waals surface area contributed by atoms with Crippen molar-refractivity contribution in [3.63, 3.8) is 0 Å². The lowest BCUT2D eigenvalue weighted by Crippen LogP contribution is -1.79. The minimum atomic E-state index is 0.